The second-order valence-electron chi connectivity index (χ2n) is 7.25. The molecule has 0 aliphatic carbocycles. The minimum atomic E-state index is -0.967. The maximum absolute atomic E-state index is 13.8. The van der Waals surface area contributed by atoms with Crippen LogP contribution in [0.15, 0.2) is 65.2 Å². The Bertz CT molecular complexity index is 1100. The number of hydrogen-bond donors (Lipinski definition) is 3. The Balaban J connectivity index is 1.76. The summed E-state index contributed by atoms with van der Waals surface area (Å²) in [4.78, 5) is 4.32. The molecule has 8 heteroatoms. The number of nitriles is 1. The van der Waals surface area contributed by atoms with E-state index in [4.69, 9.17) is 14.8 Å². The molecule has 1 aromatic heterocycles. The molecule has 3 N–H and O–H groups in total. The second kappa shape index (κ2) is 11.4. The van der Waals surface area contributed by atoms with Gasteiger partial charge in [0.15, 0.2) is 0 Å². The van der Waals surface area contributed by atoms with Gasteiger partial charge in [0.2, 0.25) is 5.95 Å². The summed E-state index contributed by atoms with van der Waals surface area (Å²) in [7, 11) is 2.47. The van der Waals surface area contributed by atoms with Crippen molar-refractivity contribution in [1.29, 1.82) is 10.0 Å². The Hall–Kier alpha value is -3.28. The molecule has 1 aliphatic rings. The summed E-state index contributed by atoms with van der Waals surface area (Å²) in [6, 6.07) is 12.8. The van der Waals surface area contributed by atoms with Crippen molar-refractivity contribution in [2.24, 2.45) is 0 Å². The number of methoxy groups -OCH3 is 1. The van der Waals surface area contributed by atoms with E-state index in [-0.39, 0.29) is 11.7 Å². The average molecular weight is 452 g/mol. The van der Waals surface area contributed by atoms with E-state index in [9.17, 15) is 4.39 Å². The number of pyridine rings is 1. The van der Waals surface area contributed by atoms with Crippen LogP contribution in [0, 0.1) is 22.1 Å². The third-order valence-corrected chi connectivity index (χ3v) is 6.28. The Labute approximate surface area is 190 Å². The summed E-state index contributed by atoms with van der Waals surface area (Å²) in [6.45, 7) is 0. The molecule has 166 valence electrons. The first kappa shape index (κ1) is 23.4. The first-order valence-corrected chi connectivity index (χ1v) is 11.4. The monoisotopic (exact) mass is 451 g/mol. The second-order valence-corrected chi connectivity index (χ2v) is 8.54. The Morgan fingerprint density at radius 1 is 1.34 bits per heavy atom. The molecule has 32 heavy (non-hydrogen) atoms. The number of halogens is 1. The van der Waals surface area contributed by atoms with Crippen LogP contribution in [-0.4, -0.2) is 25.2 Å². The lowest BCUT2D eigenvalue weighted by molar-refractivity contribution is 0.414. The highest BCUT2D eigenvalue weighted by Crippen LogP contribution is 2.24. The predicted molar refractivity (Wildman–Crippen MR) is 126 cm³/mol. The summed E-state index contributed by atoms with van der Waals surface area (Å²) in [6.07, 6.45) is 10.4. The highest BCUT2D eigenvalue weighted by atomic mass is 32.2. The molecule has 3 rings (SSSR count). The van der Waals surface area contributed by atoms with Gasteiger partial charge in [0, 0.05) is 25.4 Å². The van der Waals surface area contributed by atoms with Gasteiger partial charge in [-0.3, -0.25) is 4.78 Å². The Kier molecular flexibility index (Phi) is 8.31. The zero-order valence-electron chi connectivity index (χ0n) is 18.1. The van der Waals surface area contributed by atoms with Crippen molar-refractivity contribution in [3.63, 3.8) is 0 Å². The molecular formula is C24H26FN5OS. The van der Waals surface area contributed by atoms with Crippen LogP contribution in [0.1, 0.15) is 29.7 Å². The van der Waals surface area contributed by atoms with Crippen LogP contribution in [0.3, 0.4) is 0 Å². The van der Waals surface area contributed by atoms with Crippen LogP contribution in [0.2, 0.25) is 0 Å². The molecule has 2 aromatic rings. The summed E-state index contributed by atoms with van der Waals surface area (Å²) in [5.74, 6) is 0.145. The van der Waals surface area contributed by atoms with E-state index in [1.54, 1.807) is 26.4 Å². The van der Waals surface area contributed by atoms with Crippen molar-refractivity contribution in [2.75, 3.05) is 14.2 Å². The maximum atomic E-state index is 13.8. The van der Waals surface area contributed by atoms with Gasteiger partial charge in [-0.05, 0) is 71.1 Å². The van der Waals surface area contributed by atoms with Crippen LogP contribution >= 0.6 is 0 Å². The van der Waals surface area contributed by atoms with Gasteiger partial charge in [-0.2, -0.15) is 9.65 Å². The van der Waals surface area contributed by atoms with Gasteiger partial charge in [0.25, 0.3) is 0 Å². The molecule has 0 amide bonds. The van der Waals surface area contributed by atoms with Gasteiger partial charge in [0.1, 0.15) is 17.5 Å². The smallest absolute Gasteiger partial charge is 0.214 e. The number of allylic oxidation sites excluding steroid dienone is 2. The molecule has 6 nitrogen and oxygen atoms in total. The average Bonchev–Trinajstić information content (AvgIpc) is 2.93. The van der Waals surface area contributed by atoms with E-state index < -0.39 is 16.8 Å². The van der Waals surface area contributed by atoms with Crippen molar-refractivity contribution in [2.45, 2.75) is 25.3 Å². The molecule has 2 atom stereocenters. The molecule has 2 unspecified atom stereocenters. The lowest BCUT2D eigenvalue weighted by Gasteiger charge is -2.15. The van der Waals surface area contributed by atoms with Gasteiger partial charge in [0.05, 0.1) is 12.0 Å². The van der Waals surface area contributed by atoms with Crippen LogP contribution < -0.4 is 14.8 Å². The minimum absolute atomic E-state index is 0.0213. The van der Waals surface area contributed by atoms with Crippen molar-refractivity contribution in [1.82, 2.24) is 15.0 Å². The highest BCUT2D eigenvalue weighted by Gasteiger charge is 2.17. The zero-order chi connectivity index (χ0) is 22.9. The standard InChI is InChI=1S/C24H26FN5OS/c1-28-16-23-19(12-18-13-21(15-26)29-24(25)14-18)8-9-20(30-32(23)27)5-3-4-17-6-10-22(31-2)11-7-17/h6-14,16,20,28H,3-5H2,1-2H3,(H2,27,30)/b19-12+,23-16+. The van der Waals surface area contributed by atoms with Crippen LogP contribution in [0.4, 0.5) is 4.39 Å². The molecule has 1 aliphatic heterocycles. The van der Waals surface area contributed by atoms with E-state index in [0.29, 0.717) is 5.56 Å². The van der Waals surface area contributed by atoms with Crippen LogP contribution in [-0.2, 0) is 17.3 Å². The molecule has 0 radical (unpaired) electrons. The summed E-state index contributed by atoms with van der Waals surface area (Å²) in [5.41, 5.74) is 2.59. The first-order chi connectivity index (χ1) is 15.5. The molecule has 0 saturated carbocycles. The van der Waals surface area contributed by atoms with Crippen LogP contribution in [0.25, 0.3) is 6.08 Å². The molecule has 1 aromatic carbocycles. The number of hydrogen-bond acceptors (Lipinski definition) is 5. The van der Waals surface area contributed by atoms with Gasteiger partial charge >= 0.3 is 0 Å². The number of benzene rings is 1. The maximum Gasteiger partial charge on any atom is 0.214 e. The van der Waals surface area contributed by atoms with Crippen molar-refractivity contribution in [3.8, 4) is 11.8 Å². The largest absolute Gasteiger partial charge is 0.497 e. The predicted octanol–water partition coefficient (Wildman–Crippen LogP) is 4.39. The van der Waals surface area contributed by atoms with E-state index >= 15 is 0 Å². The van der Waals surface area contributed by atoms with E-state index in [1.807, 2.05) is 30.4 Å². The first-order valence-electron chi connectivity index (χ1n) is 10.2. The molecule has 2 heterocycles. The van der Waals surface area contributed by atoms with Crippen LogP contribution in [0.5, 0.6) is 5.75 Å². The SMILES string of the molecule is CN/C=C1\C(=C\c2cc(F)nc(C#N)c2)C=CC(CCCc2ccc(OC)cc2)NS1=N. The third-order valence-electron chi connectivity index (χ3n) is 4.95. The number of nitrogens with zero attached hydrogens (tertiary/aromatic N) is 2. The quantitative estimate of drug-likeness (QED) is 0.543. The number of aryl methyl sites for hydroxylation is 1. The summed E-state index contributed by atoms with van der Waals surface area (Å²) < 4.78 is 31.0. The van der Waals surface area contributed by atoms with Gasteiger partial charge in [-0.1, -0.05) is 24.3 Å². The third kappa shape index (κ3) is 6.36. The fourth-order valence-corrected chi connectivity index (χ4v) is 4.60. The van der Waals surface area contributed by atoms with Crippen molar-refractivity contribution in [3.05, 3.63) is 88.0 Å². The fraction of sp³-hybridized carbons (Fsp3) is 0.250. The number of rotatable bonds is 7. The molecule has 0 spiro atoms. The van der Waals surface area contributed by atoms with E-state index in [0.717, 1.165) is 35.5 Å². The lowest BCUT2D eigenvalue weighted by atomic mass is 10.0. The topological polar surface area (TPSA) is 93.8 Å². The Morgan fingerprint density at radius 3 is 2.81 bits per heavy atom. The lowest BCUT2D eigenvalue weighted by Crippen LogP contribution is -2.28. The minimum Gasteiger partial charge on any atom is -0.497 e. The molecule has 0 saturated heterocycles. The zero-order valence-corrected chi connectivity index (χ0v) is 18.9. The number of nitrogens with one attached hydrogen (secondary N) is 3. The van der Waals surface area contributed by atoms with Gasteiger partial charge in [-0.25, -0.2) is 9.71 Å². The fourth-order valence-electron chi connectivity index (χ4n) is 3.38. The molecular weight excluding hydrogens is 425 g/mol. The molecule has 0 fully saturated rings. The normalized spacial score (nSPS) is 20.7. The summed E-state index contributed by atoms with van der Waals surface area (Å²) >= 11 is 0. The number of aromatic nitrogens is 1. The highest BCUT2D eigenvalue weighted by molar-refractivity contribution is 7.88. The van der Waals surface area contributed by atoms with E-state index in [1.165, 1.54) is 17.7 Å². The molecule has 0 bridgehead atoms. The van der Waals surface area contributed by atoms with Gasteiger partial charge in [-0.15, -0.1) is 0 Å². The van der Waals surface area contributed by atoms with Gasteiger partial charge < -0.3 is 10.1 Å². The van der Waals surface area contributed by atoms with Crippen molar-refractivity contribution < 1.29 is 9.13 Å². The number of ether oxygens (including phenoxy) is 1. The summed E-state index contributed by atoms with van der Waals surface area (Å²) in [5, 5.41) is 12.1. The van der Waals surface area contributed by atoms with E-state index in [2.05, 4.69) is 27.2 Å². The Morgan fingerprint density at radius 2 is 2.12 bits per heavy atom. The van der Waals surface area contributed by atoms with Crippen molar-refractivity contribution >= 4 is 17.0 Å².